The molecule has 0 aromatic carbocycles. The van der Waals surface area contributed by atoms with Crippen LogP contribution in [0.15, 0.2) is 4.42 Å². The van der Waals surface area contributed by atoms with Crippen LogP contribution in [0.4, 0.5) is 0 Å². The zero-order valence-electron chi connectivity index (χ0n) is 7.70. The maximum Gasteiger partial charge on any atom is 0.270 e. The van der Waals surface area contributed by atoms with E-state index in [9.17, 15) is 4.79 Å². The maximum absolute atomic E-state index is 10.8. The topological polar surface area (TPSA) is 95.1 Å². The quantitative estimate of drug-likeness (QED) is 0.712. The fourth-order valence-electron chi connectivity index (χ4n) is 0.979. The summed E-state index contributed by atoms with van der Waals surface area (Å²) in [6.45, 7) is 3.55. The van der Waals surface area contributed by atoms with Crippen molar-refractivity contribution in [2.24, 2.45) is 11.5 Å². The fourth-order valence-corrected chi connectivity index (χ4v) is 0.979. The molecule has 4 N–H and O–H groups in total. The highest BCUT2D eigenvalue weighted by atomic mass is 16.4. The third kappa shape index (κ3) is 1.86. The van der Waals surface area contributed by atoms with Crippen LogP contribution < -0.4 is 11.5 Å². The number of amides is 1. The molecule has 5 heteroatoms. The Labute approximate surface area is 76.1 Å². The molecule has 72 valence electrons. The van der Waals surface area contributed by atoms with Crippen molar-refractivity contribution in [2.75, 3.05) is 0 Å². The van der Waals surface area contributed by atoms with Gasteiger partial charge in [-0.1, -0.05) is 6.92 Å². The Balaban J connectivity index is 3.01. The van der Waals surface area contributed by atoms with Gasteiger partial charge >= 0.3 is 0 Å². The highest BCUT2D eigenvalue weighted by molar-refractivity contribution is 5.91. The molecule has 13 heavy (non-hydrogen) atoms. The molecular weight excluding hydrogens is 170 g/mol. The van der Waals surface area contributed by atoms with Crippen LogP contribution in [0.25, 0.3) is 0 Å². The first-order valence-electron chi connectivity index (χ1n) is 4.09. The standard InChI is InChI=1S/C8H13N3O2/c1-3-5(9)8-11-6(7(10)12)4(2)13-8/h5H,3,9H2,1-2H3,(H2,10,12). The molecule has 1 unspecified atom stereocenters. The summed E-state index contributed by atoms with van der Waals surface area (Å²) in [4.78, 5) is 14.7. The molecule has 5 nitrogen and oxygen atoms in total. The van der Waals surface area contributed by atoms with Crippen molar-refractivity contribution < 1.29 is 9.21 Å². The van der Waals surface area contributed by atoms with Gasteiger partial charge in [0.05, 0.1) is 6.04 Å². The lowest BCUT2D eigenvalue weighted by Crippen LogP contribution is -2.14. The SMILES string of the molecule is CCC(N)c1nc(C(N)=O)c(C)o1. The highest BCUT2D eigenvalue weighted by Crippen LogP contribution is 2.16. The Morgan fingerprint density at radius 2 is 2.31 bits per heavy atom. The second-order valence-corrected chi connectivity index (χ2v) is 2.84. The van der Waals surface area contributed by atoms with E-state index >= 15 is 0 Å². The van der Waals surface area contributed by atoms with Crippen LogP contribution >= 0.6 is 0 Å². The number of aromatic nitrogens is 1. The third-order valence-electron chi connectivity index (χ3n) is 1.80. The van der Waals surface area contributed by atoms with E-state index in [1.165, 1.54) is 0 Å². The van der Waals surface area contributed by atoms with Crippen LogP contribution in [0.3, 0.4) is 0 Å². The molecule has 1 aromatic rings. The number of carbonyl (C=O) groups excluding carboxylic acids is 1. The van der Waals surface area contributed by atoms with Gasteiger partial charge in [-0.2, -0.15) is 0 Å². The lowest BCUT2D eigenvalue weighted by Gasteiger charge is -2.00. The molecule has 0 aliphatic carbocycles. The van der Waals surface area contributed by atoms with E-state index in [-0.39, 0.29) is 11.7 Å². The van der Waals surface area contributed by atoms with Crippen LogP contribution in [0.1, 0.15) is 41.5 Å². The van der Waals surface area contributed by atoms with Crippen LogP contribution in [-0.4, -0.2) is 10.9 Å². The molecule has 0 radical (unpaired) electrons. The summed E-state index contributed by atoms with van der Waals surface area (Å²) in [5.41, 5.74) is 10.9. The van der Waals surface area contributed by atoms with Crippen molar-refractivity contribution in [1.29, 1.82) is 0 Å². The van der Waals surface area contributed by atoms with E-state index in [1.54, 1.807) is 6.92 Å². The van der Waals surface area contributed by atoms with Crippen molar-refractivity contribution in [3.05, 3.63) is 17.3 Å². The van der Waals surface area contributed by atoms with Gasteiger partial charge in [0, 0.05) is 0 Å². The number of primary amides is 1. The van der Waals surface area contributed by atoms with E-state index in [4.69, 9.17) is 15.9 Å². The fraction of sp³-hybridized carbons (Fsp3) is 0.500. The van der Waals surface area contributed by atoms with Gasteiger partial charge in [0.2, 0.25) is 5.89 Å². The Hall–Kier alpha value is -1.36. The smallest absolute Gasteiger partial charge is 0.270 e. The molecule has 1 rings (SSSR count). The van der Waals surface area contributed by atoms with E-state index in [2.05, 4.69) is 4.98 Å². The molecular formula is C8H13N3O2. The van der Waals surface area contributed by atoms with Crippen molar-refractivity contribution in [3.8, 4) is 0 Å². The van der Waals surface area contributed by atoms with Gasteiger partial charge in [0.25, 0.3) is 5.91 Å². The van der Waals surface area contributed by atoms with Gasteiger partial charge in [-0.25, -0.2) is 4.98 Å². The zero-order valence-corrected chi connectivity index (χ0v) is 7.70. The first kappa shape index (κ1) is 9.73. The number of nitrogens with two attached hydrogens (primary N) is 2. The average Bonchev–Trinajstić information content (AvgIpc) is 2.46. The van der Waals surface area contributed by atoms with Gasteiger partial charge < -0.3 is 15.9 Å². The molecule has 0 aliphatic rings. The van der Waals surface area contributed by atoms with E-state index < -0.39 is 5.91 Å². The number of aryl methyl sites for hydroxylation is 1. The molecule has 0 fully saturated rings. The molecule has 1 atom stereocenters. The van der Waals surface area contributed by atoms with Gasteiger partial charge in [0.1, 0.15) is 5.76 Å². The van der Waals surface area contributed by atoms with E-state index in [0.29, 0.717) is 18.1 Å². The average molecular weight is 183 g/mol. The maximum atomic E-state index is 10.8. The van der Waals surface area contributed by atoms with Crippen LogP contribution in [0.5, 0.6) is 0 Å². The Morgan fingerprint density at radius 3 is 2.69 bits per heavy atom. The normalized spacial score (nSPS) is 12.8. The minimum absolute atomic E-state index is 0.166. The minimum atomic E-state index is -0.587. The Kier molecular flexibility index (Phi) is 2.67. The van der Waals surface area contributed by atoms with Crippen LogP contribution in [-0.2, 0) is 0 Å². The summed E-state index contributed by atoms with van der Waals surface area (Å²) < 4.78 is 5.19. The Morgan fingerprint density at radius 1 is 1.69 bits per heavy atom. The number of oxazole rings is 1. The number of carbonyl (C=O) groups is 1. The first-order valence-corrected chi connectivity index (χ1v) is 4.09. The molecule has 0 saturated carbocycles. The first-order chi connectivity index (χ1) is 6.06. The molecule has 1 heterocycles. The summed E-state index contributed by atoms with van der Waals surface area (Å²) in [6, 6.07) is -0.271. The van der Waals surface area contributed by atoms with Crippen molar-refractivity contribution >= 4 is 5.91 Å². The molecule has 0 spiro atoms. The third-order valence-corrected chi connectivity index (χ3v) is 1.80. The number of rotatable bonds is 3. The Bertz CT molecular complexity index is 319. The van der Waals surface area contributed by atoms with Crippen molar-refractivity contribution in [2.45, 2.75) is 26.3 Å². The van der Waals surface area contributed by atoms with Crippen LogP contribution in [0, 0.1) is 6.92 Å². The van der Waals surface area contributed by atoms with Crippen molar-refractivity contribution in [3.63, 3.8) is 0 Å². The van der Waals surface area contributed by atoms with Gasteiger partial charge in [-0.3, -0.25) is 4.79 Å². The number of nitrogens with zero attached hydrogens (tertiary/aromatic N) is 1. The predicted octanol–water partition coefficient (Wildman–Crippen LogP) is 0.492. The molecule has 0 bridgehead atoms. The monoisotopic (exact) mass is 183 g/mol. The summed E-state index contributed by atoms with van der Waals surface area (Å²) in [6.07, 6.45) is 0.707. The van der Waals surface area contributed by atoms with E-state index in [0.717, 1.165) is 0 Å². The molecule has 0 aliphatic heterocycles. The second kappa shape index (κ2) is 3.57. The highest BCUT2D eigenvalue weighted by Gasteiger charge is 2.17. The number of hydrogen-bond acceptors (Lipinski definition) is 4. The summed E-state index contributed by atoms with van der Waals surface area (Å²) in [5.74, 6) is 0.205. The summed E-state index contributed by atoms with van der Waals surface area (Å²) in [5, 5.41) is 0. The largest absolute Gasteiger partial charge is 0.443 e. The summed E-state index contributed by atoms with van der Waals surface area (Å²) in [7, 11) is 0. The van der Waals surface area contributed by atoms with Gasteiger partial charge in [-0.15, -0.1) is 0 Å². The number of hydrogen-bond donors (Lipinski definition) is 2. The van der Waals surface area contributed by atoms with E-state index in [1.807, 2.05) is 6.92 Å². The molecule has 1 aromatic heterocycles. The second-order valence-electron chi connectivity index (χ2n) is 2.84. The predicted molar refractivity (Wildman–Crippen MR) is 47.0 cm³/mol. The molecule has 0 saturated heterocycles. The lowest BCUT2D eigenvalue weighted by atomic mass is 10.2. The minimum Gasteiger partial charge on any atom is -0.443 e. The lowest BCUT2D eigenvalue weighted by molar-refractivity contribution is 0.0994. The van der Waals surface area contributed by atoms with Gasteiger partial charge in [0.15, 0.2) is 5.69 Å². The zero-order chi connectivity index (χ0) is 10.0. The summed E-state index contributed by atoms with van der Waals surface area (Å²) >= 11 is 0. The van der Waals surface area contributed by atoms with Crippen LogP contribution in [0.2, 0.25) is 0 Å². The van der Waals surface area contributed by atoms with Crippen molar-refractivity contribution in [1.82, 2.24) is 4.98 Å². The molecule has 1 amide bonds. The van der Waals surface area contributed by atoms with Gasteiger partial charge in [-0.05, 0) is 13.3 Å².